The standard InChI is InChI=1S/C12H15N3O5/c1-12(2,3)9(16)6-14-5-7(15(19)20)4-8(10(13)17)11(14)18/h4-5H,6H2,1-3H3,(H2,13,17). The number of carbonyl (C=O) groups excluding carboxylic acids is 2. The van der Waals surface area contributed by atoms with Gasteiger partial charge in [-0.1, -0.05) is 20.8 Å². The zero-order valence-electron chi connectivity index (χ0n) is 11.4. The molecule has 8 heteroatoms. The lowest BCUT2D eigenvalue weighted by molar-refractivity contribution is -0.385. The van der Waals surface area contributed by atoms with E-state index in [2.05, 4.69) is 0 Å². The predicted molar refractivity (Wildman–Crippen MR) is 70.3 cm³/mol. The molecule has 20 heavy (non-hydrogen) atoms. The maximum absolute atomic E-state index is 11.9. The summed E-state index contributed by atoms with van der Waals surface area (Å²) in [4.78, 5) is 45.0. The van der Waals surface area contributed by atoms with E-state index in [1.54, 1.807) is 20.8 Å². The molecule has 0 atom stereocenters. The van der Waals surface area contributed by atoms with Crippen LogP contribution in [0.5, 0.6) is 0 Å². The Morgan fingerprint density at radius 1 is 1.40 bits per heavy atom. The van der Waals surface area contributed by atoms with Crippen molar-refractivity contribution in [2.45, 2.75) is 27.3 Å². The first-order valence-corrected chi connectivity index (χ1v) is 5.76. The molecule has 8 nitrogen and oxygen atoms in total. The zero-order valence-corrected chi connectivity index (χ0v) is 11.4. The molecule has 1 aromatic rings. The normalized spacial score (nSPS) is 11.2. The van der Waals surface area contributed by atoms with Crippen molar-refractivity contribution in [3.63, 3.8) is 0 Å². The Hall–Kier alpha value is -2.51. The second-order valence-corrected chi connectivity index (χ2v) is 5.34. The fourth-order valence-electron chi connectivity index (χ4n) is 1.41. The summed E-state index contributed by atoms with van der Waals surface area (Å²) >= 11 is 0. The summed E-state index contributed by atoms with van der Waals surface area (Å²) in [5.74, 6) is -1.37. The molecule has 1 heterocycles. The largest absolute Gasteiger partial charge is 0.365 e. The van der Waals surface area contributed by atoms with E-state index >= 15 is 0 Å². The molecule has 0 aliphatic carbocycles. The zero-order chi connectivity index (χ0) is 15.7. The van der Waals surface area contributed by atoms with Gasteiger partial charge in [0.15, 0.2) is 5.78 Å². The van der Waals surface area contributed by atoms with Crippen molar-refractivity contribution < 1.29 is 14.5 Å². The van der Waals surface area contributed by atoms with Gasteiger partial charge in [-0.25, -0.2) is 0 Å². The Bertz CT molecular complexity index is 639. The summed E-state index contributed by atoms with van der Waals surface area (Å²) in [6, 6.07) is 0.808. The van der Waals surface area contributed by atoms with E-state index in [0.29, 0.717) is 0 Å². The summed E-state index contributed by atoms with van der Waals surface area (Å²) < 4.78 is 0.839. The van der Waals surface area contributed by atoms with Gasteiger partial charge in [-0.15, -0.1) is 0 Å². The van der Waals surface area contributed by atoms with Crippen LogP contribution in [0.4, 0.5) is 5.69 Å². The molecule has 0 saturated carbocycles. The van der Waals surface area contributed by atoms with Gasteiger partial charge in [0, 0.05) is 11.5 Å². The smallest absolute Gasteiger partial charge is 0.286 e. The summed E-state index contributed by atoms with van der Waals surface area (Å²) in [5, 5.41) is 10.8. The molecule has 0 spiro atoms. The average Bonchev–Trinajstić information content (AvgIpc) is 2.29. The van der Waals surface area contributed by atoms with E-state index in [9.17, 15) is 24.5 Å². The van der Waals surface area contributed by atoms with Crippen LogP contribution in [-0.4, -0.2) is 21.2 Å². The van der Waals surface area contributed by atoms with Crippen molar-refractivity contribution in [2.75, 3.05) is 0 Å². The molecule has 0 aliphatic rings. The lowest BCUT2D eigenvalue weighted by Crippen LogP contribution is -2.34. The first kappa shape index (κ1) is 15.5. The molecule has 108 valence electrons. The topological polar surface area (TPSA) is 125 Å². The molecule has 0 radical (unpaired) electrons. The number of nitro groups is 1. The Balaban J connectivity index is 3.39. The number of aromatic nitrogens is 1. The number of pyridine rings is 1. The number of Topliss-reactive ketones (excluding diaryl/α,β-unsaturated/α-hetero) is 1. The van der Waals surface area contributed by atoms with Gasteiger partial charge in [0.05, 0.1) is 17.7 Å². The molecule has 1 amide bonds. The van der Waals surface area contributed by atoms with Crippen LogP contribution >= 0.6 is 0 Å². The lowest BCUT2D eigenvalue weighted by Gasteiger charge is -2.17. The number of hydrogen-bond acceptors (Lipinski definition) is 5. The van der Waals surface area contributed by atoms with Gasteiger partial charge >= 0.3 is 0 Å². The molecular formula is C12H15N3O5. The van der Waals surface area contributed by atoms with Gasteiger partial charge in [-0.05, 0) is 0 Å². The summed E-state index contributed by atoms with van der Waals surface area (Å²) in [7, 11) is 0. The Morgan fingerprint density at radius 2 is 1.95 bits per heavy atom. The van der Waals surface area contributed by atoms with E-state index in [0.717, 1.165) is 16.8 Å². The second-order valence-electron chi connectivity index (χ2n) is 5.34. The van der Waals surface area contributed by atoms with E-state index in [-0.39, 0.29) is 12.3 Å². The van der Waals surface area contributed by atoms with E-state index in [1.807, 2.05) is 0 Å². The molecule has 0 aromatic carbocycles. The monoisotopic (exact) mass is 281 g/mol. The number of nitrogens with zero attached hydrogens (tertiary/aromatic N) is 2. The number of hydrogen-bond donors (Lipinski definition) is 1. The minimum Gasteiger partial charge on any atom is -0.365 e. The molecule has 1 rings (SSSR count). The van der Waals surface area contributed by atoms with Gasteiger partial charge in [0.25, 0.3) is 17.2 Å². The van der Waals surface area contributed by atoms with Crippen LogP contribution in [-0.2, 0) is 11.3 Å². The number of rotatable bonds is 4. The quantitative estimate of drug-likeness (QED) is 0.634. The third-order valence-electron chi connectivity index (χ3n) is 2.70. The first-order chi connectivity index (χ1) is 9.04. The first-order valence-electron chi connectivity index (χ1n) is 5.76. The number of carbonyl (C=O) groups is 2. The van der Waals surface area contributed by atoms with Gasteiger partial charge in [0.2, 0.25) is 0 Å². The number of ketones is 1. The van der Waals surface area contributed by atoms with Crippen molar-refractivity contribution in [3.05, 3.63) is 38.3 Å². The minimum atomic E-state index is -1.07. The average molecular weight is 281 g/mol. The van der Waals surface area contributed by atoms with Crippen molar-refractivity contribution in [1.82, 2.24) is 4.57 Å². The van der Waals surface area contributed by atoms with Gasteiger partial charge in [0.1, 0.15) is 5.56 Å². The summed E-state index contributed by atoms with van der Waals surface area (Å²) in [6.07, 6.45) is 0.929. The predicted octanol–water partition coefficient (Wildman–Crippen LogP) is 0.471. The Labute approximate surface area is 114 Å². The fourth-order valence-corrected chi connectivity index (χ4v) is 1.41. The van der Waals surface area contributed by atoms with Crippen molar-refractivity contribution in [1.29, 1.82) is 0 Å². The maximum atomic E-state index is 11.9. The fraction of sp³-hybridized carbons (Fsp3) is 0.417. The van der Waals surface area contributed by atoms with Gasteiger partial charge < -0.3 is 10.3 Å². The van der Waals surface area contributed by atoms with Crippen LogP contribution in [0.3, 0.4) is 0 Å². The molecule has 0 fully saturated rings. The molecule has 0 bridgehead atoms. The molecular weight excluding hydrogens is 266 g/mol. The highest BCUT2D eigenvalue weighted by Gasteiger charge is 2.24. The molecule has 0 saturated heterocycles. The van der Waals surface area contributed by atoms with E-state index < -0.39 is 33.1 Å². The lowest BCUT2D eigenvalue weighted by atomic mass is 9.91. The third kappa shape index (κ3) is 3.28. The molecule has 0 unspecified atom stereocenters. The molecule has 0 aliphatic heterocycles. The number of amides is 1. The summed E-state index contributed by atoms with van der Waals surface area (Å²) in [6.45, 7) is 4.62. The Kier molecular flexibility index (Phi) is 4.07. The molecule has 1 aromatic heterocycles. The van der Waals surface area contributed by atoms with Gasteiger partial charge in [-0.3, -0.25) is 24.5 Å². The Morgan fingerprint density at radius 3 is 2.35 bits per heavy atom. The van der Waals surface area contributed by atoms with Crippen molar-refractivity contribution in [2.24, 2.45) is 11.1 Å². The second kappa shape index (κ2) is 5.24. The SMILES string of the molecule is CC(C)(C)C(=O)Cn1cc([N+](=O)[O-])cc(C(N)=O)c1=O. The minimum absolute atomic E-state index is 0.296. The highest BCUT2D eigenvalue weighted by atomic mass is 16.6. The van der Waals surface area contributed by atoms with Crippen LogP contribution in [0.15, 0.2) is 17.1 Å². The van der Waals surface area contributed by atoms with E-state index in [1.165, 1.54) is 0 Å². The third-order valence-corrected chi connectivity index (χ3v) is 2.70. The van der Waals surface area contributed by atoms with Crippen LogP contribution in [0.2, 0.25) is 0 Å². The molecule has 2 N–H and O–H groups in total. The highest BCUT2D eigenvalue weighted by Crippen LogP contribution is 2.16. The summed E-state index contributed by atoms with van der Waals surface area (Å²) in [5.41, 5.74) is 2.49. The number of primary amides is 1. The maximum Gasteiger partial charge on any atom is 0.286 e. The van der Waals surface area contributed by atoms with Crippen molar-refractivity contribution in [3.8, 4) is 0 Å². The van der Waals surface area contributed by atoms with Crippen LogP contribution < -0.4 is 11.3 Å². The van der Waals surface area contributed by atoms with Crippen molar-refractivity contribution >= 4 is 17.4 Å². The van der Waals surface area contributed by atoms with Crippen LogP contribution in [0.25, 0.3) is 0 Å². The van der Waals surface area contributed by atoms with Crippen LogP contribution in [0.1, 0.15) is 31.1 Å². The highest BCUT2D eigenvalue weighted by molar-refractivity contribution is 5.93. The van der Waals surface area contributed by atoms with Crippen LogP contribution in [0, 0.1) is 15.5 Å². The number of nitrogens with two attached hydrogens (primary N) is 1. The van der Waals surface area contributed by atoms with E-state index in [4.69, 9.17) is 5.73 Å². The van der Waals surface area contributed by atoms with Gasteiger partial charge in [-0.2, -0.15) is 0 Å².